The summed E-state index contributed by atoms with van der Waals surface area (Å²) < 4.78 is 14.9. The molecule has 1 unspecified atom stereocenters. The molecule has 0 spiro atoms. The summed E-state index contributed by atoms with van der Waals surface area (Å²) in [5, 5.41) is 5.79. The predicted molar refractivity (Wildman–Crippen MR) is 279 cm³/mol. The van der Waals surface area contributed by atoms with Crippen LogP contribution in [0, 0.1) is 0 Å². The quantitative estimate of drug-likeness (QED) is 0.104. The van der Waals surface area contributed by atoms with Gasteiger partial charge in [0, 0.05) is 122 Å². The molecular weight excluding hydrogens is 928 g/mol. The van der Waals surface area contributed by atoms with Crippen LogP contribution in [-0.2, 0) is 23.9 Å². The summed E-state index contributed by atoms with van der Waals surface area (Å²) in [6.45, 7) is 4.67. The highest BCUT2D eigenvalue weighted by Gasteiger charge is 2.18. The van der Waals surface area contributed by atoms with Gasteiger partial charge in [-0.25, -0.2) is 15.0 Å². The maximum Gasteiger partial charge on any atom is 0.260 e. The van der Waals surface area contributed by atoms with Crippen LogP contribution in [0.1, 0.15) is 13.8 Å². The smallest absolute Gasteiger partial charge is 0.260 e. The van der Waals surface area contributed by atoms with Crippen LogP contribution in [0.2, 0.25) is 10.0 Å². The summed E-state index contributed by atoms with van der Waals surface area (Å²) in [5.41, 5.74) is 13.8. The normalized spacial score (nSPS) is 11.3. The van der Waals surface area contributed by atoms with Crippen molar-refractivity contribution >= 4 is 73.4 Å². The number of para-hydroxylation sites is 2. The minimum atomic E-state index is -1.33. The zero-order chi connectivity index (χ0) is 48.4. The maximum absolute atomic E-state index is 13.4. The second kappa shape index (κ2) is 21.8. The van der Waals surface area contributed by atoms with Gasteiger partial charge in [-0.15, -0.1) is 0 Å². The van der Waals surface area contributed by atoms with E-state index in [1.54, 1.807) is 58.4 Å². The molecule has 10 aromatic rings. The fourth-order valence-corrected chi connectivity index (χ4v) is 8.45. The van der Waals surface area contributed by atoms with Crippen LogP contribution in [0.4, 0.5) is 17.3 Å². The lowest BCUT2D eigenvalue weighted by Gasteiger charge is -2.13. The fraction of sp³-hybridized carbons (Fsp3) is 0.0943. The van der Waals surface area contributed by atoms with Crippen LogP contribution in [-0.4, -0.2) is 49.5 Å². The zero-order valence-corrected chi connectivity index (χ0v) is 40.0. The highest BCUT2D eigenvalue weighted by atomic mass is 35.5. The van der Waals surface area contributed by atoms with Crippen molar-refractivity contribution in [1.29, 1.82) is 0 Å². The first-order valence-electron chi connectivity index (χ1n) is 21.7. The first kappa shape index (κ1) is 47.6. The average Bonchev–Trinajstić information content (AvgIpc) is 3.37. The minimum Gasteiger partial charge on any atom is -0.399 e. The van der Waals surface area contributed by atoms with Gasteiger partial charge in [0.05, 0.1) is 10.8 Å². The maximum atomic E-state index is 13.4. The Hall–Kier alpha value is -7.91. The third kappa shape index (κ3) is 10.9. The number of anilines is 3. The largest absolute Gasteiger partial charge is 0.399 e. The van der Waals surface area contributed by atoms with Gasteiger partial charge in [0.1, 0.15) is 11.3 Å². The number of nitrogens with one attached hydrogen (secondary N) is 1. The number of fused-ring (bicyclic) bond motifs is 2. The predicted octanol–water partition coefficient (Wildman–Crippen LogP) is 11.1. The highest BCUT2D eigenvalue weighted by Crippen LogP contribution is 2.33. The molecule has 6 heterocycles. The molecule has 13 nitrogen and oxygen atoms in total. The summed E-state index contributed by atoms with van der Waals surface area (Å²) in [7, 11) is -1.33. The van der Waals surface area contributed by atoms with Gasteiger partial charge < -0.3 is 11.1 Å². The van der Waals surface area contributed by atoms with E-state index in [4.69, 9.17) is 28.9 Å². The monoisotopic (exact) mass is 970 g/mol. The Kier molecular flexibility index (Phi) is 15.0. The van der Waals surface area contributed by atoms with Gasteiger partial charge in [0.2, 0.25) is 11.1 Å². The van der Waals surface area contributed by atoms with Crippen molar-refractivity contribution in [2.24, 2.45) is 0 Å². The van der Waals surface area contributed by atoms with Crippen molar-refractivity contribution in [3.8, 4) is 44.5 Å². The number of hydrogen-bond acceptors (Lipinski definition) is 11. The van der Waals surface area contributed by atoms with Crippen molar-refractivity contribution in [3.05, 3.63) is 201 Å². The molecule has 1 atom stereocenters. The van der Waals surface area contributed by atoms with Crippen molar-refractivity contribution in [3.63, 3.8) is 0 Å². The fourth-order valence-electron chi connectivity index (χ4n) is 7.47. The van der Waals surface area contributed by atoms with Gasteiger partial charge in [0.25, 0.3) is 11.1 Å². The average molecular weight is 972 g/mol. The number of nitrogens with zero attached hydrogens (tertiary/aromatic N) is 8. The number of halogens is 2. The molecule has 0 fully saturated rings. The third-order valence-corrected chi connectivity index (χ3v) is 12.2. The molecule has 0 bridgehead atoms. The van der Waals surface area contributed by atoms with E-state index in [0.717, 1.165) is 39.0 Å². The summed E-state index contributed by atoms with van der Waals surface area (Å²) in [6, 6.07) is 41.6. The van der Waals surface area contributed by atoms with Gasteiger partial charge in [-0.3, -0.25) is 32.9 Å². The molecular formula is C53H44Cl2N10O3S. The van der Waals surface area contributed by atoms with Crippen LogP contribution >= 0.6 is 23.2 Å². The Morgan fingerprint density at radius 2 is 1.06 bits per heavy atom. The van der Waals surface area contributed by atoms with Crippen LogP contribution in [0.15, 0.2) is 185 Å². The number of aryl methyl sites for hydroxylation is 2. The molecule has 0 aliphatic heterocycles. The Balaban J connectivity index is 0.000000164. The van der Waals surface area contributed by atoms with Crippen LogP contribution in [0.5, 0.6) is 0 Å². The van der Waals surface area contributed by atoms with Gasteiger partial charge in [-0.05, 0) is 85.6 Å². The van der Waals surface area contributed by atoms with E-state index in [0.29, 0.717) is 68.0 Å². The van der Waals surface area contributed by atoms with E-state index in [9.17, 15) is 13.8 Å². The standard InChI is InChI=1S/C26H20ClN5O.C21H17ClN4O2S.C6H7N/c1-2-32-24-19(16-29-26(31-24)30-20-8-4-3-5-9-20)13-22(25(32)33)21-11-10-17(14-23(21)27)18-7-6-12-28-15-18;1-3-26-19-15(12-24-21(25-19)29(2)28)9-17(20(26)27)16-7-6-13(10-18(16)22)14-5-4-8-23-11-14;7-6-4-2-1-3-5-6/h3-16H,2H2,1H3,(H,29,30,31);4-12H,3H2,1-2H3;1-5H,7H2. The molecule has 6 aromatic heterocycles. The number of nitrogen functional groups attached to an aromatic ring is 1. The molecule has 0 aliphatic rings. The molecule has 4 aromatic carbocycles. The summed E-state index contributed by atoms with van der Waals surface area (Å²) in [4.78, 5) is 52.4. The number of hydrogen-bond donors (Lipinski definition) is 2. The second-order valence-corrected chi connectivity index (χ2v) is 17.4. The van der Waals surface area contributed by atoms with E-state index >= 15 is 0 Å². The molecule has 3 N–H and O–H groups in total. The van der Waals surface area contributed by atoms with Crippen molar-refractivity contribution in [2.75, 3.05) is 17.3 Å². The molecule has 10 rings (SSSR count). The number of nitrogens with two attached hydrogens (primary N) is 1. The molecule has 0 radical (unpaired) electrons. The van der Waals surface area contributed by atoms with Crippen molar-refractivity contribution in [1.82, 2.24) is 39.0 Å². The van der Waals surface area contributed by atoms with Crippen molar-refractivity contribution in [2.45, 2.75) is 32.1 Å². The van der Waals surface area contributed by atoms with Crippen LogP contribution in [0.25, 0.3) is 66.6 Å². The SMILES string of the molecule is CCn1c(=O)c(-c2ccc(-c3cccnc3)cc2Cl)cc2cnc(Nc3ccccc3)nc21.CCn1c(=O)c(-c2ccc(-c3cccnc3)cc2Cl)cc2cnc(S(C)=O)nc21.Nc1ccccc1. The van der Waals surface area contributed by atoms with E-state index in [1.807, 2.05) is 135 Å². The molecule has 0 saturated heterocycles. The van der Waals surface area contributed by atoms with Gasteiger partial charge in [-0.1, -0.05) is 96.0 Å². The van der Waals surface area contributed by atoms with E-state index in [-0.39, 0.29) is 16.3 Å². The first-order valence-corrected chi connectivity index (χ1v) is 24.0. The number of benzene rings is 4. The molecule has 0 saturated carbocycles. The third-order valence-electron chi connectivity index (χ3n) is 10.9. The number of pyridine rings is 4. The van der Waals surface area contributed by atoms with Gasteiger partial charge in [0.15, 0.2) is 0 Å². The Labute approximate surface area is 409 Å². The first-order chi connectivity index (χ1) is 33.5. The molecule has 0 aliphatic carbocycles. The van der Waals surface area contributed by atoms with Crippen LogP contribution < -0.4 is 22.2 Å². The summed E-state index contributed by atoms with van der Waals surface area (Å²) >= 11 is 13.2. The van der Waals surface area contributed by atoms with Crippen molar-refractivity contribution < 1.29 is 4.21 Å². The Bertz CT molecular complexity index is 3570. The second-order valence-electron chi connectivity index (χ2n) is 15.3. The molecule has 0 amide bonds. The van der Waals surface area contributed by atoms with Gasteiger partial charge in [-0.2, -0.15) is 4.98 Å². The minimum absolute atomic E-state index is 0.148. The molecule has 16 heteroatoms. The molecule has 344 valence electrons. The van der Waals surface area contributed by atoms with Gasteiger partial charge >= 0.3 is 0 Å². The molecule has 69 heavy (non-hydrogen) atoms. The van der Waals surface area contributed by atoms with E-state index in [1.165, 1.54) is 6.26 Å². The van der Waals surface area contributed by atoms with E-state index in [2.05, 4.69) is 35.2 Å². The van der Waals surface area contributed by atoms with E-state index < -0.39 is 10.8 Å². The zero-order valence-electron chi connectivity index (χ0n) is 37.6. The topological polar surface area (TPSA) is 176 Å². The number of aromatic nitrogens is 8. The Morgan fingerprint density at radius 1 is 0.565 bits per heavy atom. The van der Waals surface area contributed by atoms with Crippen LogP contribution in [0.3, 0.4) is 0 Å². The summed E-state index contributed by atoms with van der Waals surface area (Å²) in [5.74, 6) is 0.432. The number of rotatable bonds is 9. The summed E-state index contributed by atoms with van der Waals surface area (Å²) in [6.07, 6.45) is 11.8. The highest BCUT2D eigenvalue weighted by molar-refractivity contribution is 7.84. The lowest BCUT2D eigenvalue weighted by Crippen LogP contribution is -2.22. The lowest BCUT2D eigenvalue weighted by atomic mass is 10.0. The Morgan fingerprint density at radius 3 is 1.49 bits per heavy atom. The lowest BCUT2D eigenvalue weighted by molar-refractivity contribution is 0.678.